The van der Waals surface area contributed by atoms with Gasteiger partial charge in [0.15, 0.2) is 0 Å². The molecule has 0 radical (unpaired) electrons. The molecule has 1 aromatic carbocycles. The van der Waals surface area contributed by atoms with Crippen LogP contribution in [0.25, 0.3) is 0 Å². The van der Waals surface area contributed by atoms with Crippen molar-refractivity contribution in [1.82, 2.24) is 0 Å². The topological polar surface area (TPSA) is 36.9 Å². The summed E-state index contributed by atoms with van der Waals surface area (Å²) in [7, 11) is -0.547. The van der Waals surface area contributed by atoms with Crippen molar-refractivity contribution in [3.05, 3.63) is 24.3 Å². The molecule has 4 nitrogen and oxygen atoms in total. The Balaban J connectivity index is 1.76. The standard InChI is InChI=1S/C15H21BO4/c1-14(2)15(3,4)20-16(19-14)11-5-7-12(8-6-11)18-13-9-17-10-13/h5-8,13H,9-10H2,1-4H3/i9D2,10D2,13D. The molecule has 0 aliphatic carbocycles. The first-order valence-corrected chi connectivity index (χ1v) is 6.56. The summed E-state index contributed by atoms with van der Waals surface area (Å²) in [4.78, 5) is 0. The molecule has 2 aliphatic heterocycles. The first-order valence-electron chi connectivity index (χ1n) is 9.06. The molecule has 3 rings (SSSR count). The van der Waals surface area contributed by atoms with Gasteiger partial charge in [0.05, 0.1) is 31.2 Å². The van der Waals surface area contributed by atoms with Gasteiger partial charge in [0.1, 0.15) is 11.8 Å². The first kappa shape index (κ1) is 9.08. The third kappa shape index (κ3) is 2.46. The number of ether oxygens (including phenoxy) is 2. The molecule has 5 heteroatoms. The summed E-state index contributed by atoms with van der Waals surface area (Å²) in [5.41, 5.74) is -0.179. The van der Waals surface area contributed by atoms with Gasteiger partial charge in [0.2, 0.25) is 0 Å². The van der Waals surface area contributed by atoms with Crippen molar-refractivity contribution in [1.29, 1.82) is 0 Å². The zero-order valence-corrected chi connectivity index (χ0v) is 12.0. The molecule has 20 heavy (non-hydrogen) atoms. The van der Waals surface area contributed by atoms with E-state index in [-0.39, 0.29) is 5.75 Å². The molecular weight excluding hydrogens is 255 g/mol. The van der Waals surface area contributed by atoms with Crippen LogP contribution in [0.4, 0.5) is 0 Å². The van der Waals surface area contributed by atoms with Crippen molar-refractivity contribution < 1.29 is 25.6 Å². The number of hydrogen-bond donors (Lipinski definition) is 0. The van der Waals surface area contributed by atoms with Crippen molar-refractivity contribution >= 4 is 12.6 Å². The summed E-state index contributed by atoms with van der Waals surface area (Å²) in [5, 5.41) is 0. The Bertz CT molecular complexity index is 647. The lowest BCUT2D eigenvalue weighted by atomic mass is 9.79. The molecule has 0 amide bonds. The summed E-state index contributed by atoms with van der Waals surface area (Å²) >= 11 is 0. The van der Waals surface area contributed by atoms with Gasteiger partial charge in [-0.05, 0) is 45.3 Å². The highest BCUT2D eigenvalue weighted by atomic mass is 16.7. The van der Waals surface area contributed by atoms with Gasteiger partial charge in [-0.1, -0.05) is 12.1 Å². The van der Waals surface area contributed by atoms with Crippen LogP contribution in [0.5, 0.6) is 5.75 Å². The summed E-state index contributed by atoms with van der Waals surface area (Å²) in [6, 6.07) is 6.43. The highest BCUT2D eigenvalue weighted by Gasteiger charge is 2.51. The molecular formula is C15H21BO4. The fourth-order valence-electron chi connectivity index (χ4n) is 1.92. The maximum absolute atomic E-state index is 7.98. The van der Waals surface area contributed by atoms with Gasteiger partial charge in [-0.25, -0.2) is 0 Å². The Kier molecular flexibility index (Phi) is 2.16. The summed E-state index contributed by atoms with van der Waals surface area (Å²) in [6.45, 7) is 2.73. The number of hydrogen-bond acceptors (Lipinski definition) is 4. The average Bonchev–Trinajstić information content (AvgIpc) is 2.66. The van der Waals surface area contributed by atoms with E-state index in [2.05, 4.69) is 4.74 Å². The lowest BCUT2D eigenvalue weighted by Gasteiger charge is -2.32. The van der Waals surface area contributed by atoms with Crippen LogP contribution in [0.2, 0.25) is 0 Å². The summed E-state index contributed by atoms with van der Waals surface area (Å²) < 4.78 is 59.8. The van der Waals surface area contributed by atoms with Crippen molar-refractivity contribution in [3.8, 4) is 5.75 Å². The maximum atomic E-state index is 7.98. The summed E-state index contributed by atoms with van der Waals surface area (Å²) in [6.07, 6.45) is -2.48. The van der Waals surface area contributed by atoms with Crippen LogP contribution in [-0.2, 0) is 14.0 Å². The normalized spacial score (nSPS) is 34.8. The monoisotopic (exact) mass is 281 g/mol. The molecule has 0 spiro atoms. The van der Waals surface area contributed by atoms with E-state index in [0.29, 0.717) is 0 Å². The van der Waals surface area contributed by atoms with E-state index < -0.39 is 37.5 Å². The minimum absolute atomic E-state index is 0.159. The maximum Gasteiger partial charge on any atom is 0.494 e. The van der Waals surface area contributed by atoms with Gasteiger partial charge < -0.3 is 18.8 Å². The van der Waals surface area contributed by atoms with E-state index in [4.69, 9.17) is 20.9 Å². The Morgan fingerprint density at radius 2 is 1.70 bits per heavy atom. The van der Waals surface area contributed by atoms with Gasteiger partial charge in [-0.3, -0.25) is 0 Å². The van der Waals surface area contributed by atoms with Crippen molar-refractivity contribution in [3.63, 3.8) is 0 Å². The van der Waals surface area contributed by atoms with E-state index in [0.717, 1.165) is 5.46 Å². The fraction of sp³-hybridized carbons (Fsp3) is 0.600. The average molecular weight is 281 g/mol. The predicted octanol–water partition coefficient (Wildman–Crippen LogP) is 1.76. The fourth-order valence-corrected chi connectivity index (χ4v) is 1.92. The highest BCUT2D eigenvalue weighted by Crippen LogP contribution is 2.36. The highest BCUT2D eigenvalue weighted by molar-refractivity contribution is 6.62. The molecule has 0 bridgehead atoms. The largest absolute Gasteiger partial charge is 0.494 e. The molecule has 0 saturated carbocycles. The molecule has 0 atom stereocenters. The molecule has 2 saturated heterocycles. The molecule has 2 fully saturated rings. The van der Waals surface area contributed by atoms with E-state index in [1.807, 2.05) is 27.7 Å². The van der Waals surface area contributed by atoms with Crippen LogP contribution >= 0.6 is 0 Å². The molecule has 2 heterocycles. The van der Waals surface area contributed by atoms with Gasteiger partial charge in [0, 0.05) is 0 Å². The van der Waals surface area contributed by atoms with Crippen molar-refractivity contribution in [2.75, 3.05) is 13.1 Å². The minimum atomic E-state index is -2.54. The van der Waals surface area contributed by atoms with Crippen LogP contribution < -0.4 is 10.2 Å². The van der Waals surface area contributed by atoms with E-state index >= 15 is 0 Å². The van der Waals surface area contributed by atoms with Crippen LogP contribution in [0.3, 0.4) is 0 Å². The summed E-state index contributed by atoms with van der Waals surface area (Å²) in [5.74, 6) is 0.159. The Labute approximate surface area is 127 Å². The Hall–Kier alpha value is -1.04. The molecule has 108 valence electrons. The van der Waals surface area contributed by atoms with Gasteiger partial charge in [-0.2, -0.15) is 0 Å². The van der Waals surface area contributed by atoms with Gasteiger partial charge >= 0.3 is 7.12 Å². The predicted molar refractivity (Wildman–Crippen MR) is 77.4 cm³/mol. The second-order valence-electron chi connectivity index (χ2n) is 5.89. The van der Waals surface area contributed by atoms with Gasteiger partial charge in [0.25, 0.3) is 0 Å². The lowest BCUT2D eigenvalue weighted by Crippen LogP contribution is -2.41. The molecule has 2 aliphatic rings. The van der Waals surface area contributed by atoms with Crippen LogP contribution in [0.1, 0.15) is 34.5 Å². The second-order valence-corrected chi connectivity index (χ2v) is 5.89. The third-order valence-corrected chi connectivity index (χ3v) is 3.91. The second kappa shape index (κ2) is 4.76. The number of benzene rings is 1. The van der Waals surface area contributed by atoms with Crippen molar-refractivity contribution in [2.24, 2.45) is 0 Å². The lowest BCUT2D eigenvalue weighted by molar-refractivity contribution is -0.0796. The van der Waals surface area contributed by atoms with Gasteiger partial charge in [-0.15, -0.1) is 0 Å². The van der Waals surface area contributed by atoms with Crippen LogP contribution in [0.15, 0.2) is 24.3 Å². The van der Waals surface area contributed by atoms with Crippen LogP contribution in [-0.4, -0.2) is 37.5 Å². The third-order valence-electron chi connectivity index (χ3n) is 3.91. The first-order chi connectivity index (χ1) is 11.2. The molecule has 0 unspecified atom stereocenters. The Morgan fingerprint density at radius 1 is 1.15 bits per heavy atom. The minimum Gasteiger partial charge on any atom is -0.486 e. The van der Waals surface area contributed by atoms with E-state index in [1.54, 1.807) is 12.1 Å². The van der Waals surface area contributed by atoms with Crippen molar-refractivity contribution in [2.45, 2.75) is 45.0 Å². The quantitative estimate of drug-likeness (QED) is 0.791. The molecule has 0 N–H and O–H groups in total. The van der Waals surface area contributed by atoms with E-state index in [9.17, 15) is 0 Å². The smallest absolute Gasteiger partial charge is 0.486 e. The zero-order chi connectivity index (χ0) is 18.9. The Morgan fingerprint density at radius 3 is 2.20 bits per heavy atom. The molecule has 1 aromatic rings. The van der Waals surface area contributed by atoms with E-state index in [1.165, 1.54) is 12.1 Å². The zero-order valence-electron chi connectivity index (χ0n) is 17.0. The number of rotatable bonds is 3. The van der Waals surface area contributed by atoms with Crippen LogP contribution in [0, 0.1) is 0 Å². The SMILES string of the molecule is [2H]C1([2H])OC([2H])([2H])C1([2H])Oc1ccc(B2OC(C)(C)C(C)(C)O2)cc1. The molecule has 0 aromatic heterocycles.